The Kier molecular flexibility index (Phi) is 5.08. The smallest absolute Gasteiger partial charge is 0.191 e. The number of benzene rings is 2. The van der Waals surface area contributed by atoms with Crippen molar-refractivity contribution in [3.8, 4) is 0 Å². The molecule has 0 spiro atoms. The second kappa shape index (κ2) is 7.91. The Bertz CT molecular complexity index is 894. The number of aliphatic imine (C=N–C) groups is 2. The van der Waals surface area contributed by atoms with Crippen molar-refractivity contribution in [1.82, 2.24) is 0 Å². The molecule has 162 valence electrons. The fourth-order valence-electron chi connectivity index (χ4n) is 6.96. The van der Waals surface area contributed by atoms with Gasteiger partial charge in [-0.05, 0) is 97.1 Å². The second-order valence-corrected chi connectivity index (χ2v) is 9.74. The van der Waals surface area contributed by atoms with Gasteiger partial charge in [0.1, 0.15) is 0 Å². The maximum atomic E-state index is 5.56. The first-order chi connectivity index (χ1) is 15.0. The fourth-order valence-corrected chi connectivity index (χ4v) is 6.96. The summed E-state index contributed by atoms with van der Waals surface area (Å²) < 4.78 is 0. The largest absolute Gasteiger partial charge is 0.370 e. The van der Waals surface area contributed by atoms with E-state index in [2.05, 4.69) is 34.3 Å². The zero-order valence-electron chi connectivity index (χ0n) is 17.8. The van der Waals surface area contributed by atoms with Crippen molar-refractivity contribution in [2.24, 2.45) is 62.5 Å². The molecule has 2 aromatic carbocycles. The van der Waals surface area contributed by atoms with Gasteiger partial charge in [0.15, 0.2) is 11.9 Å². The van der Waals surface area contributed by atoms with Gasteiger partial charge < -0.3 is 22.9 Å². The lowest BCUT2D eigenvalue weighted by Gasteiger charge is -2.56. The summed E-state index contributed by atoms with van der Waals surface area (Å²) in [6.45, 7) is 0. The standard InChI is InChI=1S/C25H32N6/c26-24(27)30-20-5-1-16(2-6-20)22(17-3-7-21(8-4-17)31-25(28)29)23-18-10-14-9-15(12-18)13-19(23)11-14/h1-8,14-15,18-19,22-23H,9-13H2,(H4,26,27,30)(H4,28,29,31). The van der Waals surface area contributed by atoms with Crippen LogP contribution >= 0.6 is 0 Å². The highest BCUT2D eigenvalue weighted by atomic mass is 15.0. The predicted octanol–water partition coefficient (Wildman–Crippen LogP) is 3.70. The van der Waals surface area contributed by atoms with Crippen molar-refractivity contribution >= 4 is 23.3 Å². The van der Waals surface area contributed by atoms with Gasteiger partial charge in [-0.1, -0.05) is 24.3 Å². The lowest BCUT2D eigenvalue weighted by atomic mass is 9.48. The molecule has 0 saturated heterocycles. The van der Waals surface area contributed by atoms with Crippen LogP contribution in [0.5, 0.6) is 0 Å². The summed E-state index contributed by atoms with van der Waals surface area (Å²) >= 11 is 0. The topological polar surface area (TPSA) is 129 Å². The molecule has 4 bridgehead atoms. The summed E-state index contributed by atoms with van der Waals surface area (Å²) in [6, 6.07) is 16.9. The van der Waals surface area contributed by atoms with Crippen LogP contribution in [0.15, 0.2) is 58.5 Å². The number of nitrogens with zero attached hydrogens (tertiary/aromatic N) is 2. The molecule has 4 fully saturated rings. The third-order valence-electron chi connectivity index (χ3n) is 7.71. The van der Waals surface area contributed by atoms with E-state index in [1.165, 1.54) is 43.2 Å². The second-order valence-electron chi connectivity index (χ2n) is 9.74. The van der Waals surface area contributed by atoms with Crippen LogP contribution in [-0.2, 0) is 0 Å². The van der Waals surface area contributed by atoms with Gasteiger partial charge in [0, 0.05) is 5.92 Å². The maximum Gasteiger partial charge on any atom is 0.191 e. The third-order valence-corrected chi connectivity index (χ3v) is 7.71. The molecule has 4 aliphatic rings. The normalized spacial score (nSPS) is 28.5. The van der Waals surface area contributed by atoms with E-state index in [1.54, 1.807) is 0 Å². The molecule has 6 rings (SSSR count). The van der Waals surface area contributed by atoms with E-state index in [4.69, 9.17) is 22.9 Å². The fraction of sp³-hybridized carbons (Fsp3) is 0.440. The maximum absolute atomic E-state index is 5.56. The van der Waals surface area contributed by atoms with Crippen LogP contribution in [0.4, 0.5) is 11.4 Å². The minimum atomic E-state index is 0.0839. The van der Waals surface area contributed by atoms with Crippen molar-refractivity contribution in [3.63, 3.8) is 0 Å². The number of rotatable bonds is 5. The molecule has 0 aromatic heterocycles. The van der Waals surface area contributed by atoms with Crippen molar-refractivity contribution in [1.29, 1.82) is 0 Å². The molecule has 6 heteroatoms. The molecule has 4 saturated carbocycles. The van der Waals surface area contributed by atoms with Crippen molar-refractivity contribution in [2.45, 2.75) is 38.0 Å². The average Bonchev–Trinajstić information content (AvgIpc) is 2.71. The van der Waals surface area contributed by atoms with Gasteiger partial charge >= 0.3 is 0 Å². The van der Waals surface area contributed by atoms with E-state index in [-0.39, 0.29) is 11.9 Å². The zero-order valence-corrected chi connectivity index (χ0v) is 17.8. The monoisotopic (exact) mass is 416 g/mol. The first-order valence-corrected chi connectivity index (χ1v) is 11.4. The first-order valence-electron chi connectivity index (χ1n) is 11.4. The Labute approximate surface area is 183 Å². The minimum Gasteiger partial charge on any atom is -0.370 e. The molecule has 31 heavy (non-hydrogen) atoms. The summed E-state index contributed by atoms with van der Waals surface area (Å²) in [7, 11) is 0. The minimum absolute atomic E-state index is 0.0839. The van der Waals surface area contributed by atoms with Crippen LogP contribution in [0.3, 0.4) is 0 Å². The molecule has 8 N–H and O–H groups in total. The molecule has 4 aliphatic carbocycles. The number of nitrogens with two attached hydrogens (primary N) is 4. The van der Waals surface area contributed by atoms with Crippen LogP contribution in [0.25, 0.3) is 0 Å². The Balaban J connectivity index is 1.53. The molecule has 0 unspecified atom stereocenters. The van der Waals surface area contributed by atoms with E-state index in [1.807, 2.05) is 24.3 Å². The Morgan fingerprint density at radius 3 is 1.35 bits per heavy atom. The molecule has 0 heterocycles. The van der Waals surface area contributed by atoms with Crippen molar-refractivity contribution in [3.05, 3.63) is 59.7 Å². The van der Waals surface area contributed by atoms with Crippen LogP contribution in [0, 0.1) is 29.6 Å². The number of hydrogen-bond acceptors (Lipinski definition) is 2. The van der Waals surface area contributed by atoms with Gasteiger partial charge in [0.25, 0.3) is 0 Å². The highest BCUT2D eigenvalue weighted by Crippen LogP contribution is 2.60. The SMILES string of the molecule is NC(N)=Nc1ccc(C(c2ccc(N=C(N)N)cc2)C2C3CC4CC(C3)CC2C4)cc1. The van der Waals surface area contributed by atoms with Crippen molar-refractivity contribution in [2.75, 3.05) is 0 Å². The van der Waals surface area contributed by atoms with Gasteiger partial charge in [0.05, 0.1) is 11.4 Å². The summed E-state index contributed by atoms with van der Waals surface area (Å²) in [5.41, 5.74) is 26.5. The molecule has 2 aromatic rings. The van der Waals surface area contributed by atoms with Gasteiger partial charge in [-0.3, -0.25) is 0 Å². The lowest BCUT2D eigenvalue weighted by Crippen LogP contribution is -2.47. The number of guanidine groups is 2. The van der Waals surface area contributed by atoms with E-state index in [9.17, 15) is 0 Å². The van der Waals surface area contributed by atoms with Crippen LogP contribution < -0.4 is 22.9 Å². The Morgan fingerprint density at radius 2 is 1.00 bits per heavy atom. The van der Waals surface area contributed by atoms with Gasteiger partial charge in [-0.15, -0.1) is 0 Å². The van der Waals surface area contributed by atoms with E-state index in [0.29, 0.717) is 11.8 Å². The number of hydrogen-bond donors (Lipinski definition) is 4. The van der Waals surface area contributed by atoms with Gasteiger partial charge in [0.2, 0.25) is 0 Å². The van der Waals surface area contributed by atoms with Crippen LogP contribution in [-0.4, -0.2) is 11.9 Å². The lowest BCUT2D eigenvalue weighted by molar-refractivity contribution is -0.0429. The van der Waals surface area contributed by atoms with Crippen molar-refractivity contribution < 1.29 is 0 Å². The van der Waals surface area contributed by atoms with E-state index >= 15 is 0 Å². The Hall–Kier alpha value is -3.02. The predicted molar refractivity (Wildman–Crippen MR) is 126 cm³/mol. The highest BCUT2D eigenvalue weighted by molar-refractivity contribution is 5.79. The van der Waals surface area contributed by atoms with Gasteiger partial charge in [-0.25, -0.2) is 9.98 Å². The molecule has 6 nitrogen and oxygen atoms in total. The summed E-state index contributed by atoms with van der Waals surface area (Å²) in [5.74, 6) is 4.74. The summed E-state index contributed by atoms with van der Waals surface area (Å²) in [4.78, 5) is 8.38. The molecule has 0 amide bonds. The van der Waals surface area contributed by atoms with Crippen LogP contribution in [0.1, 0.15) is 49.1 Å². The molecular weight excluding hydrogens is 384 g/mol. The first kappa shape index (κ1) is 19.9. The summed E-state index contributed by atoms with van der Waals surface area (Å²) in [5, 5.41) is 0. The van der Waals surface area contributed by atoms with Crippen LogP contribution in [0.2, 0.25) is 0 Å². The molecular formula is C25H32N6. The zero-order chi connectivity index (χ0) is 21.5. The van der Waals surface area contributed by atoms with Gasteiger partial charge in [-0.2, -0.15) is 0 Å². The highest BCUT2D eigenvalue weighted by Gasteiger charge is 2.50. The summed E-state index contributed by atoms with van der Waals surface area (Å²) in [6.07, 6.45) is 7.04. The van der Waals surface area contributed by atoms with E-state index < -0.39 is 0 Å². The molecule has 0 aliphatic heterocycles. The average molecular weight is 417 g/mol. The third kappa shape index (κ3) is 3.99. The van der Waals surface area contributed by atoms with E-state index in [0.717, 1.165) is 35.0 Å². The molecule has 0 radical (unpaired) electrons. The Morgan fingerprint density at radius 1 is 0.613 bits per heavy atom. The molecule has 0 atom stereocenters. The quantitative estimate of drug-likeness (QED) is 0.437.